The molecule has 0 aliphatic carbocycles. The van der Waals surface area contributed by atoms with Gasteiger partial charge in [0.25, 0.3) is 0 Å². The van der Waals surface area contributed by atoms with Crippen molar-refractivity contribution in [1.29, 1.82) is 10.5 Å². The number of ether oxygens (including phenoxy) is 1. The van der Waals surface area contributed by atoms with Gasteiger partial charge < -0.3 is 20.8 Å². The molecule has 0 aromatic heterocycles. The summed E-state index contributed by atoms with van der Waals surface area (Å²) in [4.78, 5) is 20.6. The first-order chi connectivity index (χ1) is 9.83. The van der Waals surface area contributed by atoms with Gasteiger partial charge in [-0.25, -0.2) is 0 Å². The van der Waals surface area contributed by atoms with Gasteiger partial charge in [0.1, 0.15) is 18.7 Å². The number of esters is 1. The van der Waals surface area contributed by atoms with E-state index in [4.69, 9.17) is 26.6 Å². The molecule has 0 aromatic carbocycles. The number of rotatable bonds is 6. The topological polar surface area (TPSA) is 170 Å². The Morgan fingerprint density at radius 1 is 1.48 bits per heavy atom. The third-order valence-corrected chi connectivity index (χ3v) is 1.64. The molecule has 4 N–H and O–H groups in total. The monoisotopic (exact) mass is 294 g/mol. The second-order valence-corrected chi connectivity index (χ2v) is 3.28. The minimum Gasteiger partial charge on any atom is -0.480 e. The fourth-order valence-corrected chi connectivity index (χ4v) is 0.753. The highest BCUT2D eigenvalue weighted by atomic mass is 16.5. The zero-order valence-electron chi connectivity index (χ0n) is 11.0. The summed E-state index contributed by atoms with van der Waals surface area (Å²) in [7, 11) is 0. The maximum absolute atomic E-state index is 10.4. The highest BCUT2D eigenvalue weighted by molar-refractivity contribution is 6.09. The van der Waals surface area contributed by atoms with Crippen molar-refractivity contribution < 1.29 is 24.6 Å². The predicted molar refractivity (Wildman–Crippen MR) is 70.7 cm³/mol. The van der Waals surface area contributed by atoms with Gasteiger partial charge in [0.05, 0.1) is 12.1 Å². The number of hydrogen-bond donors (Lipinski definition) is 3. The summed E-state index contributed by atoms with van der Waals surface area (Å²) in [6, 6.07) is 3.09. The molecule has 9 nitrogen and oxygen atoms in total. The molecule has 21 heavy (non-hydrogen) atoms. The van der Waals surface area contributed by atoms with E-state index in [2.05, 4.69) is 23.1 Å². The average molecular weight is 294 g/mol. The van der Waals surface area contributed by atoms with Crippen molar-refractivity contribution in [3.8, 4) is 12.1 Å². The van der Waals surface area contributed by atoms with E-state index in [0.717, 1.165) is 6.08 Å². The van der Waals surface area contributed by atoms with Gasteiger partial charge in [-0.2, -0.15) is 10.5 Å². The third kappa shape index (κ3) is 10.3. The quantitative estimate of drug-likeness (QED) is 0.269. The molecule has 0 aliphatic rings. The predicted octanol–water partition coefficient (Wildman–Crippen LogP) is 0.143. The standard InChI is InChI=1S/C6H6N2O3.C6H8N2O2/c1-2-5(8-11)4(3-7)6(9)10;1-5(8)4-10-6(9)2-3-7/h2,4,11H,1H2,(H,9,10);1-2,4,8H2. The van der Waals surface area contributed by atoms with Gasteiger partial charge in [-0.1, -0.05) is 18.3 Å². The molecule has 112 valence electrons. The molecule has 9 heteroatoms. The van der Waals surface area contributed by atoms with E-state index in [0.29, 0.717) is 0 Å². The molecule has 0 heterocycles. The highest BCUT2D eigenvalue weighted by Gasteiger charge is 2.21. The van der Waals surface area contributed by atoms with Crippen molar-refractivity contribution in [2.24, 2.45) is 16.8 Å². The molecule has 0 radical (unpaired) electrons. The molecule has 0 saturated carbocycles. The van der Waals surface area contributed by atoms with E-state index >= 15 is 0 Å². The van der Waals surface area contributed by atoms with Crippen molar-refractivity contribution >= 4 is 17.7 Å². The van der Waals surface area contributed by atoms with Gasteiger partial charge in [0.2, 0.25) is 0 Å². The van der Waals surface area contributed by atoms with Gasteiger partial charge in [-0.05, 0) is 6.08 Å². The first-order valence-corrected chi connectivity index (χ1v) is 5.26. The Balaban J connectivity index is 0. The van der Waals surface area contributed by atoms with Gasteiger partial charge in [-0.15, -0.1) is 0 Å². The summed E-state index contributed by atoms with van der Waals surface area (Å²) in [6.07, 6.45) is 0.773. The lowest BCUT2D eigenvalue weighted by Crippen LogP contribution is -2.20. The second-order valence-electron chi connectivity index (χ2n) is 3.28. The van der Waals surface area contributed by atoms with Crippen LogP contribution < -0.4 is 5.73 Å². The summed E-state index contributed by atoms with van der Waals surface area (Å²) in [5.41, 5.74) is 5.09. The fourth-order valence-electron chi connectivity index (χ4n) is 0.753. The smallest absolute Gasteiger partial charge is 0.327 e. The van der Waals surface area contributed by atoms with Crippen LogP contribution in [0.15, 0.2) is 30.1 Å². The number of oxime groups is 1. The van der Waals surface area contributed by atoms with Crippen LogP contribution in [0.5, 0.6) is 0 Å². The van der Waals surface area contributed by atoms with Crippen LogP contribution in [0, 0.1) is 28.6 Å². The van der Waals surface area contributed by atoms with Crippen LogP contribution in [0.4, 0.5) is 0 Å². The maximum Gasteiger partial charge on any atom is 0.327 e. The Morgan fingerprint density at radius 2 is 2.05 bits per heavy atom. The van der Waals surface area contributed by atoms with Crippen LogP contribution in [0.3, 0.4) is 0 Å². The van der Waals surface area contributed by atoms with Crippen molar-refractivity contribution in [1.82, 2.24) is 0 Å². The van der Waals surface area contributed by atoms with Crippen LogP contribution in [-0.4, -0.2) is 34.6 Å². The van der Waals surface area contributed by atoms with Crippen LogP contribution in [-0.2, 0) is 14.3 Å². The first kappa shape index (κ1) is 20.0. The normalized spacial score (nSPS) is 10.7. The number of carboxylic acid groups (broad SMARTS) is 1. The minimum absolute atomic E-state index is 0.0134. The molecule has 1 unspecified atom stereocenters. The first-order valence-electron chi connectivity index (χ1n) is 5.26. The molecule has 0 bridgehead atoms. The highest BCUT2D eigenvalue weighted by Crippen LogP contribution is 1.99. The maximum atomic E-state index is 10.4. The Hall–Kier alpha value is -3.33. The number of allylic oxidation sites excluding steroid dienone is 1. The largest absolute Gasteiger partial charge is 0.480 e. The van der Waals surface area contributed by atoms with Crippen LogP contribution in [0.2, 0.25) is 0 Å². The van der Waals surface area contributed by atoms with E-state index < -0.39 is 17.9 Å². The van der Waals surface area contributed by atoms with Crippen molar-refractivity contribution in [2.75, 3.05) is 6.61 Å². The Labute approximate surface area is 120 Å². The molecule has 0 spiro atoms. The number of carbonyl (C=O) groups is 2. The number of carboxylic acids is 1. The van der Waals surface area contributed by atoms with Gasteiger partial charge in [-0.3, -0.25) is 9.59 Å². The van der Waals surface area contributed by atoms with Crippen LogP contribution in [0.25, 0.3) is 0 Å². The number of hydrogen-bond acceptors (Lipinski definition) is 8. The Morgan fingerprint density at radius 3 is 2.29 bits per heavy atom. The van der Waals surface area contributed by atoms with Crippen LogP contribution in [0.1, 0.15) is 6.42 Å². The molecular weight excluding hydrogens is 280 g/mol. The molecule has 0 amide bonds. The van der Waals surface area contributed by atoms with Gasteiger partial charge in [0, 0.05) is 5.70 Å². The SMILES string of the molecule is C=C(N)COC(=O)CC#N.C=CC(=NO)C(C#N)C(=O)O. The molecule has 0 fully saturated rings. The number of nitrogens with two attached hydrogens (primary N) is 1. The Kier molecular flexibility index (Phi) is 11.2. The van der Waals surface area contributed by atoms with Crippen molar-refractivity contribution in [3.05, 3.63) is 24.9 Å². The van der Waals surface area contributed by atoms with Gasteiger partial charge >= 0.3 is 11.9 Å². The summed E-state index contributed by atoms with van der Waals surface area (Å²) in [5, 5.41) is 35.4. The van der Waals surface area contributed by atoms with Crippen molar-refractivity contribution in [3.63, 3.8) is 0 Å². The summed E-state index contributed by atoms with van der Waals surface area (Å²) >= 11 is 0. The second kappa shape index (κ2) is 11.7. The molecule has 0 aliphatic heterocycles. The fraction of sp³-hybridized carbons (Fsp3) is 0.250. The number of nitriles is 2. The molecular formula is C12H14N4O5. The molecule has 0 aromatic rings. The zero-order chi connectivity index (χ0) is 16.8. The Bertz CT molecular complexity index is 513. The van der Waals surface area contributed by atoms with Gasteiger partial charge in [0.15, 0.2) is 5.92 Å². The van der Waals surface area contributed by atoms with E-state index in [9.17, 15) is 9.59 Å². The van der Waals surface area contributed by atoms with E-state index in [-0.39, 0.29) is 24.4 Å². The van der Waals surface area contributed by atoms with E-state index in [1.54, 1.807) is 6.07 Å². The van der Waals surface area contributed by atoms with Crippen LogP contribution >= 0.6 is 0 Å². The lowest BCUT2D eigenvalue weighted by atomic mass is 10.1. The lowest BCUT2D eigenvalue weighted by molar-refractivity contribution is -0.141. The molecule has 0 rings (SSSR count). The average Bonchev–Trinajstić information content (AvgIpc) is 2.43. The summed E-state index contributed by atoms with van der Waals surface area (Å²) < 4.78 is 4.46. The third-order valence-electron chi connectivity index (χ3n) is 1.64. The molecule has 0 saturated heterocycles. The molecule has 1 atom stereocenters. The number of aliphatic carboxylic acids is 1. The number of carbonyl (C=O) groups excluding carboxylic acids is 1. The van der Waals surface area contributed by atoms with E-state index in [1.165, 1.54) is 6.07 Å². The zero-order valence-corrected chi connectivity index (χ0v) is 11.0. The van der Waals surface area contributed by atoms with E-state index in [1.807, 2.05) is 0 Å². The summed E-state index contributed by atoms with van der Waals surface area (Å²) in [6.45, 7) is 6.47. The number of nitrogens with zero attached hydrogens (tertiary/aromatic N) is 3. The minimum atomic E-state index is -1.45. The lowest BCUT2D eigenvalue weighted by Gasteiger charge is -1.99. The van der Waals surface area contributed by atoms with Crippen molar-refractivity contribution in [2.45, 2.75) is 6.42 Å². The summed E-state index contributed by atoms with van der Waals surface area (Å²) in [5.74, 6) is -3.38.